The van der Waals surface area contributed by atoms with Crippen molar-refractivity contribution in [3.8, 4) is 11.3 Å². The second-order valence-electron chi connectivity index (χ2n) is 6.38. The van der Waals surface area contributed by atoms with Crippen molar-refractivity contribution in [3.63, 3.8) is 0 Å². The second-order valence-corrected chi connectivity index (χ2v) is 8.09. The number of sulfonamides is 1. The van der Waals surface area contributed by atoms with Crippen molar-refractivity contribution in [1.82, 2.24) is 14.7 Å². The van der Waals surface area contributed by atoms with Crippen LogP contribution in [0.3, 0.4) is 0 Å². The largest absolute Gasteiger partial charge is 0.462 e. The number of aromatic amines is 1. The Balaban J connectivity index is 1.78. The summed E-state index contributed by atoms with van der Waals surface area (Å²) >= 11 is 0. The number of hydrogen-bond acceptors (Lipinski definition) is 5. The molecular weight excluding hydrogens is 390 g/mol. The van der Waals surface area contributed by atoms with Crippen LogP contribution in [0, 0.1) is 0 Å². The van der Waals surface area contributed by atoms with Crippen LogP contribution in [-0.2, 0) is 14.8 Å². The van der Waals surface area contributed by atoms with Crippen molar-refractivity contribution in [2.45, 2.75) is 31.2 Å². The summed E-state index contributed by atoms with van der Waals surface area (Å²) in [5.41, 5.74) is 2.09. The zero-order chi connectivity index (χ0) is 20.9. The van der Waals surface area contributed by atoms with Gasteiger partial charge in [-0.15, -0.1) is 0 Å². The van der Waals surface area contributed by atoms with E-state index < -0.39 is 22.0 Å². The molecular formula is C21H23N3O4S. The summed E-state index contributed by atoms with van der Waals surface area (Å²) in [5, 5.41) is 0. The maximum absolute atomic E-state index is 12.8. The van der Waals surface area contributed by atoms with Crippen LogP contribution < -0.4 is 4.72 Å². The SMILES string of the molecule is CCOC(=O)c1ccc(S(=O)(=O)NC(CC)c2ncc(-c3ccccc3)[nH]2)cc1. The maximum atomic E-state index is 12.8. The number of imidazole rings is 1. The molecule has 2 N–H and O–H groups in total. The normalized spacial score (nSPS) is 12.5. The van der Waals surface area contributed by atoms with Crippen LogP contribution in [0.4, 0.5) is 0 Å². The standard InChI is InChI=1S/C21H23N3O4S/c1-3-18(20-22-14-19(23-20)15-8-6-5-7-9-15)24-29(26,27)17-12-10-16(11-13-17)21(25)28-4-2/h5-14,18,24H,3-4H2,1-2H3,(H,22,23). The molecule has 3 aromatic rings. The number of aromatic nitrogens is 2. The molecule has 0 bridgehead atoms. The van der Waals surface area contributed by atoms with Gasteiger partial charge in [0.1, 0.15) is 5.82 Å². The molecule has 0 spiro atoms. The van der Waals surface area contributed by atoms with Crippen molar-refractivity contribution in [2.75, 3.05) is 6.61 Å². The number of carbonyl (C=O) groups is 1. The Morgan fingerprint density at radius 3 is 2.41 bits per heavy atom. The molecule has 0 aliphatic rings. The van der Waals surface area contributed by atoms with Gasteiger partial charge in [-0.05, 0) is 43.2 Å². The quantitative estimate of drug-likeness (QED) is 0.549. The first-order valence-corrected chi connectivity index (χ1v) is 10.8. The molecule has 1 unspecified atom stereocenters. The van der Waals surface area contributed by atoms with E-state index in [1.54, 1.807) is 13.1 Å². The fourth-order valence-corrected chi connectivity index (χ4v) is 4.13. The molecule has 1 atom stereocenters. The molecule has 7 nitrogen and oxygen atoms in total. The van der Waals surface area contributed by atoms with E-state index in [-0.39, 0.29) is 11.5 Å². The van der Waals surface area contributed by atoms with Crippen molar-refractivity contribution < 1.29 is 17.9 Å². The molecule has 1 aromatic heterocycles. The maximum Gasteiger partial charge on any atom is 0.338 e. The summed E-state index contributed by atoms with van der Waals surface area (Å²) in [7, 11) is -3.79. The summed E-state index contributed by atoms with van der Waals surface area (Å²) in [4.78, 5) is 19.4. The molecule has 2 aromatic carbocycles. The average molecular weight is 413 g/mol. The molecule has 0 saturated carbocycles. The fraction of sp³-hybridized carbons (Fsp3) is 0.238. The Labute approximate surface area is 170 Å². The van der Waals surface area contributed by atoms with Gasteiger partial charge in [0.05, 0.1) is 35.0 Å². The number of nitrogens with zero attached hydrogens (tertiary/aromatic N) is 1. The molecule has 0 fully saturated rings. The molecule has 1 heterocycles. The molecule has 0 radical (unpaired) electrons. The third kappa shape index (κ3) is 4.90. The molecule has 0 saturated heterocycles. The van der Waals surface area contributed by atoms with E-state index in [1.165, 1.54) is 24.3 Å². The van der Waals surface area contributed by atoms with E-state index in [9.17, 15) is 13.2 Å². The number of esters is 1. The lowest BCUT2D eigenvalue weighted by Crippen LogP contribution is -2.29. The summed E-state index contributed by atoms with van der Waals surface area (Å²) in [6.07, 6.45) is 2.21. The van der Waals surface area contributed by atoms with Crippen LogP contribution in [0.2, 0.25) is 0 Å². The van der Waals surface area contributed by atoms with Crippen LogP contribution in [0.1, 0.15) is 42.5 Å². The zero-order valence-electron chi connectivity index (χ0n) is 16.3. The van der Waals surface area contributed by atoms with E-state index in [4.69, 9.17) is 4.74 Å². The molecule has 0 amide bonds. The third-order valence-electron chi connectivity index (χ3n) is 4.39. The highest BCUT2D eigenvalue weighted by Gasteiger charge is 2.23. The molecule has 8 heteroatoms. The van der Waals surface area contributed by atoms with Gasteiger partial charge in [-0.1, -0.05) is 37.3 Å². The molecule has 3 rings (SSSR count). The number of rotatable bonds is 8. The Kier molecular flexibility index (Phi) is 6.46. The summed E-state index contributed by atoms with van der Waals surface area (Å²) in [6.45, 7) is 3.85. The van der Waals surface area contributed by atoms with Gasteiger partial charge in [0.2, 0.25) is 10.0 Å². The number of hydrogen-bond donors (Lipinski definition) is 2. The van der Waals surface area contributed by atoms with E-state index in [0.717, 1.165) is 11.3 Å². The number of H-pyrrole nitrogens is 1. The van der Waals surface area contributed by atoms with Crippen molar-refractivity contribution in [2.24, 2.45) is 0 Å². The predicted octanol–water partition coefficient (Wildman–Crippen LogP) is 3.68. The molecule has 152 valence electrons. The van der Waals surface area contributed by atoms with Gasteiger partial charge in [-0.25, -0.2) is 22.9 Å². The number of benzene rings is 2. The Bertz CT molecular complexity index is 1060. The highest BCUT2D eigenvalue weighted by molar-refractivity contribution is 7.89. The van der Waals surface area contributed by atoms with Crippen LogP contribution in [0.25, 0.3) is 11.3 Å². The van der Waals surface area contributed by atoms with Gasteiger partial charge in [0, 0.05) is 0 Å². The lowest BCUT2D eigenvalue weighted by molar-refractivity contribution is 0.0526. The van der Waals surface area contributed by atoms with Crippen molar-refractivity contribution in [3.05, 3.63) is 72.2 Å². The lowest BCUT2D eigenvalue weighted by Gasteiger charge is -2.15. The second kappa shape index (κ2) is 9.02. The third-order valence-corrected chi connectivity index (χ3v) is 5.88. The van der Waals surface area contributed by atoms with E-state index in [0.29, 0.717) is 17.8 Å². The van der Waals surface area contributed by atoms with Crippen LogP contribution in [-0.4, -0.2) is 31.0 Å². The molecule has 29 heavy (non-hydrogen) atoms. The van der Waals surface area contributed by atoms with Gasteiger partial charge >= 0.3 is 5.97 Å². The predicted molar refractivity (Wildman–Crippen MR) is 110 cm³/mol. The Hall–Kier alpha value is -2.97. The molecule has 0 aliphatic heterocycles. The minimum Gasteiger partial charge on any atom is -0.462 e. The first-order valence-electron chi connectivity index (χ1n) is 9.34. The van der Waals surface area contributed by atoms with Crippen molar-refractivity contribution in [1.29, 1.82) is 0 Å². The smallest absolute Gasteiger partial charge is 0.338 e. The van der Waals surface area contributed by atoms with Crippen LogP contribution >= 0.6 is 0 Å². The highest BCUT2D eigenvalue weighted by atomic mass is 32.2. The van der Waals surface area contributed by atoms with Crippen LogP contribution in [0.5, 0.6) is 0 Å². The van der Waals surface area contributed by atoms with Crippen molar-refractivity contribution >= 4 is 16.0 Å². The minimum atomic E-state index is -3.79. The van der Waals surface area contributed by atoms with Gasteiger partial charge in [0.25, 0.3) is 0 Å². The first-order chi connectivity index (χ1) is 13.9. The summed E-state index contributed by atoms with van der Waals surface area (Å²) in [5.74, 6) is 0.0536. The lowest BCUT2D eigenvalue weighted by atomic mass is 10.2. The molecule has 0 aliphatic carbocycles. The zero-order valence-corrected chi connectivity index (χ0v) is 17.1. The topological polar surface area (TPSA) is 101 Å². The monoisotopic (exact) mass is 413 g/mol. The highest BCUT2D eigenvalue weighted by Crippen LogP contribution is 2.22. The van der Waals surface area contributed by atoms with E-state index in [1.807, 2.05) is 37.3 Å². The first kappa shape index (κ1) is 20.8. The van der Waals surface area contributed by atoms with Gasteiger partial charge in [0.15, 0.2) is 0 Å². The minimum absolute atomic E-state index is 0.0684. The van der Waals surface area contributed by atoms with Crippen LogP contribution in [0.15, 0.2) is 65.7 Å². The average Bonchev–Trinajstić information content (AvgIpc) is 3.23. The summed E-state index contributed by atoms with van der Waals surface area (Å²) < 4.78 is 33.2. The van der Waals surface area contributed by atoms with Gasteiger partial charge in [-0.3, -0.25) is 0 Å². The Morgan fingerprint density at radius 1 is 1.10 bits per heavy atom. The number of carbonyl (C=O) groups excluding carboxylic acids is 1. The van der Waals surface area contributed by atoms with E-state index >= 15 is 0 Å². The number of nitrogens with one attached hydrogen (secondary N) is 2. The fourth-order valence-electron chi connectivity index (χ4n) is 2.85. The summed E-state index contributed by atoms with van der Waals surface area (Å²) in [6, 6.07) is 14.8. The number of ether oxygens (including phenoxy) is 1. The van der Waals surface area contributed by atoms with Gasteiger partial charge < -0.3 is 9.72 Å². The Morgan fingerprint density at radius 2 is 1.79 bits per heavy atom. The van der Waals surface area contributed by atoms with E-state index in [2.05, 4.69) is 14.7 Å². The van der Waals surface area contributed by atoms with Gasteiger partial charge in [-0.2, -0.15) is 0 Å².